The zero-order chi connectivity index (χ0) is 78.5. The molecule has 5 aliphatic rings. The van der Waals surface area contributed by atoms with Gasteiger partial charge in [-0.05, 0) is 148 Å². The zero-order valence-electron chi connectivity index (χ0n) is 67.9. The van der Waals surface area contributed by atoms with Gasteiger partial charge in [-0.2, -0.15) is 0 Å². The van der Waals surface area contributed by atoms with Gasteiger partial charge in [0.1, 0.15) is 46.0 Å². The number of unbranched alkanes of at least 4 members (excludes halogenated alkanes) is 8. The van der Waals surface area contributed by atoms with Crippen LogP contribution in [0.1, 0.15) is 194 Å². The summed E-state index contributed by atoms with van der Waals surface area (Å²) in [7, 11) is -4.19. The fraction of sp³-hybridized carbons (Fsp3) is 0.308. The van der Waals surface area contributed by atoms with Crippen LogP contribution in [-0.2, 0) is 76.0 Å². The van der Waals surface area contributed by atoms with Crippen molar-refractivity contribution in [3.8, 4) is 46.0 Å². The Bertz CT molecular complexity index is 4380. The summed E-state index contributed by atoms with van der Waals surface area (Å²) in [4.78, 5) is 0. The third-order valence-corrected chi connectivity index (χ3v) is 34.2. The number of hydrogen-bond acceptors (Lipinski definition) is 8. The molecule has 12 aromatic rings. The highest BCUT2D eigenvalue weighted by atomic mass is 31.1. The Labute approximate surface area is 693 Å². The Morgan fingerprint density at radius 3 is 0.474 bits per heavy atom. The number of ether oxygens (including phenoxy) is 8. The van der Waals surface area contributed by atoms with E-state index in [0.717, 1.165) is 171 Å². The van der Waals surface area contributed by atoms with Gasteiger partial charge in [0.25, 0.3) is 0 Å². The molecular formula is C104H108O8P4. The molecule has 0 saturated heterocycles. The predicted molar refractivity (Wildman–Crippen MR) is 486 cm³/mol. The minimum Gasteiger partial charge on any atom is -0.457 e. The van der Waals surface area contributed by atoms with Gasteiger partial charge in [0, 0.05) is 117 Å². The van der Waals surface area contributed by atoms with Gasteiger partial charge in [0.2, 0.25) is 27.2 Å². The summed E-state index contributed by atoms with van der Waals surface area (Å²) in [5.41, 5.74) is 19.7. The summed E-state index contributed by atoms with van der Waals surface area (Å²) in [6, 6.07) is 89.9. The third-order valence-electron chi connectivity index (χ3n) is 24.3. The van der Waals surface area contributed by atoms with Gasteiger partial charge in [-0.1, -0.05) is 322 Å². The molecule has 0 amide bonds. The normalized spacial score (nSPS) is 13.6. The molecule has 8 bridgehead atoms. The van der Waals surface area contributed by atoms with Gasteiger partial charge in [-0.25, -0.2) is 0 Å². The number of hydrogen-bond donors (Lipinski definition) is 0. The van der Waals surface area contributed by atoms with Crippen molar-refractivity contribution >= 4 is 74.1 Å². The van der Waals surface area contributed by atoms with Crippen LogP contribution in [0.15, 0.2) is 243 Å². The van der Waals surface area contributed by atoms with Crippen molar-refractivity contribution in [2.24, 2.45) is 0 Å². The average Bonchev–Trinajstić information content (AvgIpc) is 0.719. The van der Waals surface area contributed by atoms with Gasteiger partial charge in [0.15, 0.2) is 0 Å². The van der Waals surface area contributed by atoms with E-state index in [4.69, 9.17) is 37.9 Å². The minimum atomic E-state index is -1.05. The first-order valence-electron chi connectivity index (χ1n) is 42.8. The Balaban J connectivity index is 1.04. The first-order chi connectivity index (χ1) is 57.5. The van der Waals surface area contributed by atoms with E-state index in [0.29, 0.717) is 50.3 Å². The van der Waals surface area contributed by atoms with E-state index in [-0.39, 0.29) is 27.2 Å². The molecule has 4 heterocycles. The second-order valence-electron chi connectivity index (χ2n) is 31.5. The molecule has 116 heavy (non-hydrogen) atoms. The maximum atomic E-state index is 7.81. The predicted octanol–water partition coefficient (Wildman–Crippen LogP) is 22.7. The maximum Gasteiger partial charge on any atom is 0.230 e. The topological polar surface area (TPSA) is 73.8 Å². The monoisotopic (exact) mass is 1610 g/mol. The van der Waals surface area contributed by atoms with E-state index in [1.54, 1.807) is 0 Å². The van der Waals surface area contributed by atoms with Crippen molar-refractivity contribution in [3.05, 3.63) is 332 Å². The van der Waals surface area contributed by atoms with Gasteiger partial charge < -0.3 is 37.9 Å². The Kier molecular flexibility index (Phi) is 26.0. The molecule has 8 nitrogen and oxygen atoms in total. The van der Waals surface area contributed by atoms with Crippen molar-refractivity contribution in [1.29, 1.82) is 0 Å². The van der Waals surface area contributed by atoms with E-state index in [1.165, 1.54) is 109 Å². The highest BCUT2D eigenvalue weighted by Crippen LogP contribution is 2.59. The second kappa shape index (κ2) is 38.0. The third kappa shape index (κ3) is 16.8. The SMILES string of the molecule is CCCCCc1c2c3c(CP(c4ccccc4)c4ccccc4)c4c1Cc1c(CCCCC)c5c(c(CP(c6ccccc6)c6ccccc6)c1OCO4)OCOc1c(c(CCCCC)c4c(c1CP(c1ccccc1)c1ccccc1)OCOc1c(c(CCCCC)c(c(c1CP(c1ccccc1)c1ccccc1)OCO3)C2)C4)C5. The Hall–Kier alpha value is -9.24. The van der Waals surface area contributed by atoms with Crippen LogP contribution in [0.5, 0.6) is 46.0 Å². The van der Waals surface area contributed by atoms with Crippen molar-refractivity contribution in [2.75, 3.05) is 27.2 Å². The smallest absolute Gasteiger partial charge is 0.230 e. The van der Waals surface area contributed by atoms with Crippen molar-refractivity contribution in [1.82, 2.24) is 0 Å². The van der Waals surface area contributed by atoms with E-state index in [1.807, 2.05) is 0 Å². The fourth-order valence-corrected chi connectivity index (χ4v) is 28.0. The summed E-state index contributed by atoms with van der Waals surface area (Å²) in [6.45, 7) is 9.30. The van der Waals surface area contributed by atoms with Crippen LogP contribution in [0, 0.1) is 0 Å². The largest absolute Gasteiger partial charge is 0.457 e. The molecule has 12 heteroatoms. The highest BCUT2D eigenvalue weighted by molar-refractivity contribution is 7.73. The molecule has 0 fully saturated rings. The molecule has 0 N–H and O–H groups in total. The lowest BCUT2D eigenvalue weighted by atomic mass is 9.78. The van der Waals surface area contributed by atoms with Gasteiger partial charge in [0.05, 0.1) is 0 Å². The minimum absolute atomic E-state index is 0.0198. The Morgan fingerprint density at radius 1 is 0.190 bits per heavy atom. The molecule has 1 aliphatic carbocycles. The summed E-state index contributed by atoms with van der Waals surface area (Å²) in [5, 5.41) is 10.4. The molecule has 0 radical (unpaired) electrons. The van der Waals surface area contributed by atoms with E-state index in [9.17, 15) is 0 Å². The molecule has 0 aromatic heterocycles. The lowest BCUT2D eigenvalue weighted by Gasteiger charge is -2.37. The molecule has 4 aliphatic heterocycles. The molecular weight excluding hydrogens is 1500 g/mol. The molecule has 12 aromatic carbocycles. The van der Waals surface area contributed by atoms with Crippen molar-refractivity contribution in [3.63, 3.8) is 0 Å². The summed E-state index contributed by atoms with van der Waals surface area (Å²) >= 11 is 0. The highest BCUT2D eigenvalue weighted by Gasteiger charge is 2.42. The quantitative estimate of drug-likeness (QED) is 0.0305. The zero-order valence-corrected chi connectivity index (χ0v) is 71.5. The van der Waals surface area contributed by atoms with Crippen LogP contribution >= 0.6 is 31.7 Å². The Morgan fingerprint density at radius 2 is 0.336 bits per heavy atom. The van der Waals surface area contributed by atoms with Crippen molar-refractivity contribution < 1.29 is 37.9 Å². The van der Waals surface area contributed by atoms with Crippen LogP contribution in [0.4, 0.5) is 0 Å². The van der Waals surface area contributed by atoms with Crippen molar-refractivity contribution in [2.45, 2.75) is 181 Å². The number of benzene rings is 12. The first kappa shape index (κ1) is 79.2. The average molecular weight is 1610 g/mol. The van der Waals surface area contributed by atoms with E-state index >= 15 is 0 Å². The van der Waals surface area contributed by atoms with E-state index in [2.05, 4.69) is 270 Å². The molecule has 0 saturated carbocycles. The van der Waals surface area contributed by atoms with Crippen LogP contribution in [-0.4, -0.2) is 27.2 Å². The second-order valence-corrected chi connectivity index (χ2v) is 40.3. The summed E-state index contributed by atoms with van der Waals surface area (Å²) in [6.07, 6.45) is 21.0. The molecule has 17 rings (SSSR count). The molecule has 0 spiro atoms. The van der Waals surface area contributed by atoms with Crippen LogP contribution in [0.25, 0.3) is 0 Å². The van der Waals surface area contributed by atoms with Gasteiger partial charge >= 0.3 is 0 Å². The van der Waals surface area contributed by atoms with Crippen LogP contribution < -0.4 is 80.3 Å². The lowest BCUT2D eigenvalue weighted by molar-refractivity contribution is 0.0969. The van der Waals surface area contributed by atoms with E-state index < -0.39 is 31.7 Å². The lowest BCUT2D eigenvalue weighted by Crippen LogP contribution is -2.26. The first-order valence-corrected chi connectivity index (χ1v) is 48.9. The number of rotatable bonds is 32. The summed E-state index contributed by atoms with van der Waals surface area (Å²) in [5.74, 6) is 7.12. The molecule has 0 atom stereocenters. The molecule has 0 unspecified atom stereocenters. The van der Waals surface area contributed by atoms with Crippen LogP contribution in [0.2, 0.25) is 0 Å². The maximum absolute atomic E-state index is 7.81. The van der Waals surface area contributed by atoms with Gasteiger partial charge in [-0.15, -0.1) is 0 Å². The standard InChI is InChI=1S/C104H108O8P4/c1-5-9-21-57-81-85-61-87-82(58-22-10-6-2)89-63-91-84(60-24-12-8-4)92-64-90-83(59-23-11-7-3)88-62-86(81)98-93(65-113(73-41-25-13-26-42-73)74-43-27-14-28-44-74)97(85)105-69-107-99(87)94(66-114(75-45-29-15-30-46-75)76-47-31-16-32-48-76)101(89)109-71-111-103(91)96(68-116(79-53-37-19-38-54-79)80-55-39-20-40-56-80)104(92)112-72-110-102(90)95(100(88)108-70-106-98)67-115(77-49-33-17-34-50-77)78-51-35-18-36-52-78/h13-20,25-56H,5-12,21-24,57-72H2,1-4H3. The van der Waals surface area contributed by atoms with Crippen LogP contribution in [0.3, 0.4) is 0 Å². The fourth-order valence-electron chi connectivity index (χ4n) is 18.7. The van der Waals surface area contributed by atoms with Gasteiger partial charge in [-0.3, -0.25) is 0 Å². The molecule has 592 valence electrons. The summed E-state index contributed by atoms with van der Waals surface area (Å²) < 4.78 is 62.5.